The van der Waals surface area contributed by atoms with Crippen molar-refractivity contribution in [1.82, 2.24) is 4.98 Å². The van der Waals surface area contributed by atoms with Gasteiger partial charge in [0.25, 0.3) is 10.0 Å². The minimum absolute atomic E-state index is 0.0416. The molecule has 7 nitrogen and oxygen atoms in total. The number of methoxy groups -OCH3 is 1. The SMILES string of the molecule is COc1ccc2nc(NS(=O)(=O)c3ccc(/C=C/C(=O)[O-])cc3)sc2c1. The van der Waals surface area contributed by atoms with Gasteiger partial charge in [-0.25, -0.2) is 13.4 Å². The van der Waals surface area contributed by atoms with E-state index in [0.717, 1.165) is 10.8 Å². The standard InChI is InChI=1S/C17H14N2O5S2/c1-24-12-5-8-14-15(10-12)25-17(18-14)19-26(22,23)13-6-2-11(3-7-13)4-9-16(20)21/h2-10H,1H3,(H,18,19)(H,20,21)/p-1/b9-4+. The van der Waals surface area contributed by atoms with E-state index in [1.54, 1.807) is 25.3 Å². The fourth-order valence-electron chi connectivity index (χ4n) is 2.17. The third kappa shape index (κ3) is 4.01. The van der Waals surface area contributed by atoms with Crippen LogP contribution in [0.15, 0.2) is 53.4 Å². The summed E-state index contributed by atoms with van der Waals surface area (Å²) in [6.07, 6.45) is 2.19. The summed E-state index contributed by atoms with van der Waals surface area (Å²) in [5.41, 5.74) is 1.21. The minimum atomic E-state index is -3.81. The summed E-state index contributed by atoms with van der Waals surface area (Å²) >= 11 is 1.20. The van der Waals surface area contributed by atoms with Crippen molar-refractivity contribution < 1.29 is 23.1 Å². The summed E-state index contributed by atoms with van der Waals surface area (Å²) in [4.78, 5) is 14.7. The normalized spacial score (nSPS) is 11.7. The van der Waals surface area contributed by atoms with Crippen LogP contribution in [-0.2, 0) is 14.8 Å². The number of thiazole rings is 1. The van der Waals surface area contributed by atoms with Crippen LogP contribution < -0.4 is 14.6 Å². The summed E-state index contributed by atoms with van der Waals surface area (Å²) in [6.45, 7) is 0. The van der Waals surface area contributed by atoms with Crippen molar-refractivity contribution in [3.63, 3.8) is 0 Å². The van der Waals surface area contributed by atoms with Gasteiger partial charge in [-0.3, -0.25) is 4.72 Å². The maximum absolute atomic E-state index is 12.5. The van der Waals surface area contributed by atoms with Crippen LogP contribution in [0.1, 0.15) is 5.56 Å². The largest absolute Gasteiger partial charge is 0.545 e. The van der Waals surface area contributed by atoms with Gasteiger partial charge in [-0.2, -0.15) is 0 Å². The first-order valence-electron chi connectivity index (χ1n) is 7.34. The molecule has 0 radical (unpaired) electrons. The number of nitrogens with one attached hydrogen (secondary N) is 1. The van der Waals surface area contributed by atoms with Crippen molar-refractivity contribution in [1.29, 1.82) is 0 Å². The lowest BCUT2D eigenvalue weighted by Crippen LogP contribution is -2.18. The van der Waals surface area contributed by atoms with E-state index >= 15 is 0 Å². The average molecular weight is 389 g/mol. The van der Waals surface area contributed by atoms with Crippen LogP contribution in [0.3, 0.4) is 0 Å². The van der Waals surface area contributed by atoms with Gasteiger partial charge >= 0.3 is 0 Å². The summed E-state index contributed by atoms with van der Waals surface area (Å²) in [5.74, 6) is -0.661. The van der Waals surface area contributed by atoms with E-state index < -0.39 is 16.0 Å². The number of carbonyl (C=O) groups is 1. The monoisotopic (exact) mass is 389 g/mol. The number of fused-ring (bicyclic) bond motifs is 1. The molecule has 1 aromatic heterocycles. The molecule has 0 unspecified atom stereocenters. The van der Waals surface area contributed by atoms with Gasteiger partial charge in [0.05, 0.1) is 28.2 Å². The van der Waals surface area contributed by atoms with Crippen LogP contribution in [0.2, 0.25) is 0 Å². The van der Waals surface area contributed by atoms with Gasteiger partial charge in [-0.15, -0.1) is 0 Å². The van der Waals surface area contributed by atoms with Crippen LogP contribution in [0.25, 0.3) is 16.3 Å². The van der Waals surface area contributed by atoms with Gasteiger partial charge in [0, 0.05) is 0 Å². The van der Waals surface area contributed by atoms with Crippen LogP contribution in [0.4, 0.5) is 5.13 Å². The first-order chi connectivity index (χ1) is 12.4. The molecular weight excluding hydrogens is 376 g/mol. The molecule has 2 aromatic carbocycles. The Morgan fingerprint density at radius 1 is 1.23 bits per heavy atom. The fraction of sp³-hybridized carbons (Fsp3) is 0.0588. The molecule has 0 saturated carbocycles. The number of hydrogen-bond acceptors (Lipinski definition) is 7. The Morgan fingerprint density at radius 2 is 1.96 bits per heavy atom. The van der Waals surface area contributed by atoms with Gasteiger partial charge in [0.1, 0.15) is 5.75 Å². The van der Waals surface area contributed by atoms with Crippen molar-refractivity contribution in [2.24, 2.45) is 0 Å². The lowest BCUT2D eigenvalue weighted by molar-refractivity contribution is -0.297. The average Bonchev–Trinajstić information content (AvgIpc) is 3.00. The van der Waals surface area contributed by atoms with Crippen LogP contribution in [0, 0.1) is 0 Å². The van der Waals surface area contributed by atoms with Crippen LogP contribution >= 0.6 is 11.3 Å². The molecule has 1 N–H and O–H groups in total. The van der Waals surface area contributed by atoms with E-state index in [1.807, 2.05) is 0 Å². The van der Waals surface area contributed by atoms with Crippen molar-refractivity contribution in [3.05, 3.63) is 54.1 Å². The molecule has 0 aliphatic heterocycles. The summed E-state index contributed by atoms with van der Waals surface area (Å²) < 4.78 is 33.4. The smallest absolute Gasteiger partial charge is 0.263 e. The van der Waals surface area contributed by atoms with E-state index in [-0.39, 0.29) is 10.0 Å². The molecule has 0 spiro atoms. The number of benzene rings is 2. The number of carboxylic acid groups (broad SMARTS) is 1. The second kappa shape index (κ2) is 7.14. The Hall–Kier alpha value is -2.91. The van der Waals surface area contributed by atoms with E-state index in [4.69, 9.17) is 4.74 Å². The van der Waals surface area contributed by atoms with E-state index in [0.29, 0.717) is 16.8 Å². The number of carbonyl (C=O) groups excluding carboxylic acids is 1. The summed E-state index contributed by atoms with van der Waals surface area (Å²) in [7, 11) is -2.26. The second-order valence-corrected chi connectivity index (χ2v) is 7.89. The molecule has 3 aromatic rings. The Bertz CT molecular complexity index is 1090. The molecule has 0 aliphatic carbocycles. The number of aliphatic carboxylic acids is 1. The highest BCUT2D eigenvalue weighted by molar-refractivity contribution is 7.93. The highest BCUT2D eigenvalue weighted by atomic mass is 32.2. The Kier molecular flexibility index (Phi) is 4.92. The quantitative estimate of drug-likeness (QED) is 0.645. The van der Waals surface area contributed by atoms with Gasteiger partial charge in [-0.05, 0) is 42.0 Å². The molecule has 26 heavy (non-hydrogen) atoms. The molecule has 0 atom stereocenters. The van der Waals surface area contributed by atoms with Crippen molar-refractivity contribution >= 4 is 48.8 Å². The molecule has 134 valence electrons. The summed E-state index contributed by atoms with van der Waals surface area (Å²) in [6, 6.07) is 11.0. The zero-order valence-corrected chi connectivity index (χ0v) is 15.1. The molecule has 0 fully saturated rings. The Labute approximate surface area is 153 Å². The number of sulfonamides is 1. The van der Waals surface area contributed by atoms with E-state index in [9.17, 15) is 18.3 Å². The molecular formula is C17H13N2O5S2-. The first kappa shape index (κ1) is 17.9. The van der Waals surface area contributed by atoms with Gasteiger partial charge in [0.15, 0.2) is 5.13 Å². The van der Waals surface area contributed by atoms with Crippen LogP contribution in [-0.4, -0.2) is 26.5 Å². The number of carboxylic acids is 1. The molecule has 9 heteroatoms. The molecule has 1 heterocycles. The predicted octanol–water partition coefficient (Wildman–Crippen LogP) is 1.87. The van der Waals surface area contributed by atoms with Crippen molar-refractivity contribution in [2.45, 2.75) is 4.90 Å². The molecule has 0 saturated heterocycles. The maximum atomic E-state index is 12.5. The van der Waals surface area contributed by atoms with Gasteiger partial charge in [0.2, 0.25) is 0 Å². The Balaban J connectivity index is 1.83. The molecule has 0 aliphatic rings. The topological polar surface area (TPSA) is 108 Å². The lowest BCUT2D eigenvalue weighted by Gasteiger charge is -2.05. The minimum Gasteiger partial charge on any atom is -0.545 e. The number of ether oxygens (including phenoxy) is 1. The first-order valence-corrected chi connectivity index (χ1v) is 9.64. The van der Waals surface area contributed by atoms with Crippen LogP contribution in [0.5, 0.6) is 5.75 Å². The summed E-state index contributed by atoms with van der Waals surface area (Å²) in [5, 5.41) is 10.6. The van der Waals surface area contributed by atoms with Gasteiger partial charge in [-0.1, -0.05) is 29.5 Å². The third-order valence-electron chi connectivity index (χ3n) is 3.42. The maximum Gasteiger partial charge on any atom is 0.263 e. The van der Waals surface area contributed by atoms with Crippen molar-refractivity contribution in [3.8, 4) is 5.75 Å². The van der Waals surface area contributed by atoms with Crippen molar-refractivity contribution in [2.75, 3.05) is 11.8 Å². The second-order valence-electron chi connectivity index (χ2n) is 5.18. The Morgan fingerprint density at radius 3 is 2.62 bits per heavy atom. The number of aromatic nitrogens is 1. The highest BCUT2D eigenvalue weighted by Crippen LogP contribution is 2.30. The third-order valence-corrected chi connectivity index (χ3v) is 5.84. The number of nitrogens with zero attached hydrogens (tertiary/aromatic N) is 1. The zero-order valence-electron chi connectivity index (χ0n) is 13.5. The molecule has 3 rings (SSSR count). The molecule has 0 amide bonds. The number of rotatable bonds is 6. The van der Waals surface area contributed by atoms with E-state index in [1.165, 1.54) is 41.7 Å². The highest BCUT2D eigenvalue weighted by Gasteiger charge is 2.16. The lowest BCUT2D eigenvalue weighted by atomic mass is 10.2. The fourth-order valence-corrected chi connectivity index (χ4v) is 4.30. The van der Waals surface area contributed by atoms with Gasteiger partial charge < -0.3 is 14.6 Å². The van der Waals surface area contributed by atoms with E-state index in [2.05, 4.69) is 9.71 Å². The number of anilines is 1. The molecule has 0 bridgehead atoms. The zero-order chi connectivity index (χ0) is 18.7. The number of hydrogen-bond donors (Lipinski definition) is 1. The predicted molar refractivity (Wildman–Crippen MR) is 97.5 cm³/mol.